The topological polar surface area (TPSA) is 145 Å². The SMILES string of the molecule is [CH2]C([CH]O[CH]C([CH2])OC(=O)NCC1(C)CC(N=C=O)CC(C)(C)C1)OC(=O)NCC1(C)CC(N=C=O)CC(C)(C)C1. The first-order chi connectivity index (χ1) is 19.0. The molecule has 2 saturated carbocycles. The van der Waals surface area contributed by atoms with Crippen LogP contribution >= 0.6 is 0 Å². The molecular formula is C30H46N4O7. The van der Waals surface area contributed by atoms with Crippen LogP contribution in [0.3, 0.4) is 0 Å². The lowest BCUT2D eigenvalue weighted by Crippen LogP contribution is -2.45. The first-order valence-electron chi connectivity index (χ1n) is 14.0. The van der Waals surface area contributed by atoms with Crippen molar-refractivity contribution >= 4 is 24.3 Å². The number of carbonyl (C=O) groups is 2. The van der Waals surface area contributed by atoms with Gasteiger partial charge in [0.2, 0.25) is 12.2 Å². The Labute approximate surface area is 244 Å². The lowest BCUT2D eigenvalue weighted by molar-refractivity contribution is 0.0558. The smallest absolute Gasteiger partial charge is 0.407 e. The molecule has 2 fully saturated rings. The minimum atomic E-state index is -0.938. The summed E-state index contributed by atoms with van der Waals surface area (Å²) in [5.74, 6) is 0. The number of aliphatic imine (C=N–C) groups is 2. The van der Waals surface area contributed by atoms with E-state index in [9.17, 15) is 19.2 Å². The van der Waals surface area contributed by atoms with E-state index in [0.717, 1.165) is 25.7 Å². The number of hydrogen-bond donors (Lipinski definition) is 2. The first kappa shape index (κ1) is 34.5. The van der Waals surface area contributed by atoms with E-state index in [-0.39, 0.29) is 33.7 Å². The van der Waals surface area contributed by atoms with Crippen LogP contribution in [0.15, 0.2) is 9.98 Å². The maximum atomic E-state index is 12.3. The van der Waals surface area contributed by atoms with Crippen molar-refractivity contribution in [2.45, 2.75) is 104 Å². The zero-order chi connectivity index (χ0) is 30.9. The van der Waals surface area contributed by atoms with Gasteiger partial charge in [0.25, 0.3) is 0 Å². The van der Waals surface area contributed by atoms with Gasteiger partial charge in [0.15, 0.2) is 0 Å². The summed E-state index contributed by atoms with van der Waals surface area (Å²) in [5, 5.41) is 5.53. The number of isocyanates is 2. The number of ether oxygens (including phenoxy) is 3. The number of rotatable bonds is 12. The Bertz CT molecular complexity index is 927. The largest absolute Gasteiger partial charge is 0.443 e. The summed E-state index contributed by atoms with van der Waals surface area (Å²) in [7, 11) is 0. The highest BCUT2D eigenvalue weighted by Crippen LogP contribution is 2.47. The summed E-state index contributed by atoms with van der Waals surface area (Å²) in [6, 6.07) is -0.260. The van der Waals surface area contributed by atoms with Crippen LogP contribution in [0.5, 0.6) is 0 Å². The van der Waals surface area contributed by atoms with E-state index in [0.29, 0.717) is 25.9 Å². The van der Waals surface area contributed by atoms with Crippen molar-refractivity contribution in [3.05, 3.63) is 27.1 Å². The Kier molecular flexibility index (Phi) is 12.1. The average molecular weight is 575 g/mol. The Morgan fingerprint density at radius 1 is 0.780 bits per heavy atom. The number of amides is 2. The fourth-order valence-corrected chi connectivity index (χ4v) is 6.96. The summed E-state index contributed by atoms with van der Waals surface area (Å²) < 4.78 is 15.7. The molecule has 11 nitrogen and oxygen atoms in total. The zero-order valence-electron chi connectivity index (χ0n) is 25.3. The summed E-state index contributed by atoms with van der Waals surface area (Å²) in [6.45, 7) is 23.1. The van der Waals surface area contributed by atoms with Crippen LogP contribution in [0.4, 0.5) is 9.59 Å². The van der Waals surface area contributed by atoms with Crippen molar-refractivity contribution in [1.82, 2.24) is 10.6 Å². The normalized spacial score (nSPS) is 30.0. The number of nitrogens with zero attached hydrogens (tertiary/aromatic N) is 2. The van der Waals surface area contributed by atoms with Crippen LogP contribution < -0.4 is 10.6 Å². The van der Waals surface area contributed by atoms with E-state index in [1.54, 1.807) is 12.2 Å². The molecule has 2 N–H and O–H groups in total. The van der Waals surface area contributed by atoms with E-state index in [1.165, 1.54) is 13.2 Å². The fourth-order valence-electron chi connectivity index (χ4n) is 6.96. The van der Waals surface area contributed by atoms with Gasteiger partial charge in [-0.05, 0) is 74.0 Å². The van der Waals surface area contributed by atoms with Gasteiger partial charge in [-0.1, -0.05) is 41.5 Å². The number of nitrogens with one attached hydrogen (secondary N) is 2. The monoisotopic (exact) mass is 574 g/mol. The molecular weight excluding hydrogens is 528 g/mol. The highest BCUT2D eigenvalue weighted by atomic mass is 16.6. The van der Waals surface area contributed by atoms with Gasteiger partial charge < -0.3 is 24.8 Å². The van der Waals surface area contributed by atoms with Gasteiger partial charge in [0.05, 0.1) is 12.1 Å². The number of alkyl carbamates (subject to hydrolysis) is 2. The molecule has 0 aromatic rings. The lowest BCUT2D eigenvalue weighted by Gasteiger charge is -2.45. The molecule has 6 unspecified atom stereocenters. The highest BCUT2D eigenvalue weighted by molar-refractivity contribution is 5.68. The molecule has 0 heterocycles. The molecule has 2 rings (SSSR count). The Hall–Kier alpha value is -2.74. The zero-order valence-corrected chi connectivity index (χ0v) is 25.3. The predicted octanol–water partition coefficient (Wildman–Crippen LogP) is 5.03. The van der Waals surface area contributed by atoms with E-state index in [4.69, 9.17) is 14.2 Å². The number of hydrogen-bond acceptors (Lipinski definition) is 9. The van der Waals surface area contributed by atoms with E-state index in [1.807, 2.05) is 13.8 Å². The van der Waals surface area contributed by atoms with Crippen LogP contribution in [0.2, 0.25) is 0 Å². The van der Waals surface area contributed by atoms with Gasteiger partial charge in [-0.3, -0.25) is 0 Å². The molecule has 0 saturated heterocycles. The Balaban J connectivity index is 1.68. The minimum absolute atomic E-state index is 0.0282. The lowest BCUT2D eigenvalue weighted by atomic mass is 9.62. The van der Waals surface area contributed by atoms with E-state index >= 15 is 0 Å². The van der Waals surface area contributed by atoms with Crippen LogP contribution in [0, 0.1) is 48.7 Å². The van der Waals surface area contributed by atoms with Crippen molar-refractivity contribution in [2.24, 2.45) is 31.6 Å². The van der Waals surface area contributed by atoms with Crippen molar-refractivity contribution in [3.63, 3.8) is 0 Å². The molecule has 41 heavy (non-hydrogen) atoms. The van der Waals surface area contributed by atoms with Crippen LogP contribution in [-0.4, -0.2) is 61.7 Å². The van der Waals surface area contributed by atoms with Gasteiger partial charge in [0, 0.05) is 13.1 Å². The van der Waals surface area contributed by atoms with Gasteiger partial charge >= 0.3 is 12.2 Å². The molecule has 11 heteroatoms. The third kappa shape index (κ3) is 12.3. The highest BCUT2D eigenvalue weighted by Gasteiger charge is 2.42. The molecule has 0 spiro atoms. The van der Waals surface area contributed by atoms with Crippen molar-refractivity contribution < 1.29 is 33.4 Å². The number of carbonyl (C=O) groups excluding carboxylic acids is 4. The first-order valence-corrected chi connectivity index (χ1v) is 14.0. The van der Waals surface area contributed by atoms with E-state index in [2.05, 4.69) is 62.2 Å². The summed E-state index contributed by atoms with van der Waals surface area (Å²) in [6.07, 6.45) is 4.73. The summed E-state index contributed by atoms with van der Waals surface area (Å²) in [5.41, 5.74) is -0.574. The maximum Gasteiger partial charge on any atom is 0.407 e. The average Bonchev–Trinajstić information content (AvgIpc) is 2.79. The molecule has 2 aliphatic carbocycles. The van der Waals surface area contributed by atoms with Gasteiger partial charge in [0.1, 0.15) is 25.4 Å². The molecule has 2 amide bonds. The van der Waals surface area contributed by atoms with E-state index < -0.39 is 24.4 Å². The van der Waals surface area contributed by atoms with Crippen LogP contribution in [-0.2, 0) is 23.8 Å². The molecule has 0 aromatic heterocycles. The second-order valence-electron chi connectivity index (χ2n) is 13.9. The minimum Gasteiger partial charge on any atom is -0.443 e. The molecule has 0 aliphatic heterocycles. The van der Waals surface area contributed by atoms with Gasteiger partial charge in [-0.15, -0.1) is 0 Å². The molecule has 4 radical (unpaired) electrons. The van der Waals surface area contributed by atoms with Crippen LogP contribution in [0.1, 0.15) is 80.1 Å². The van der Waals surface area contributed by atoms with Crippen molar-refractivity contribution in [3.8, 4) is 0 Å². The molecule has 0 bridgehead atoms. The molecule has 6 atom stereocenters. The Morgan fingerprint density at radius 3 is 1.49 bits per heavy atom. The second-order valence-corrected chi connectivity index (χ2v) is 13.9. The third-order valence-corrected chi connectivity index (χ3v) is 7.61. The Morgan fingerprint density at radius 2 is 1.15 bits per heavy atom. The van der Waals surface area contributed by atoms with Crippen LogP contribution in [0.25, 0.3) is 0 Å². The third-order valence-electron chi connectivity index (χ3n) is 7.61. The quantitative estimate of drug-likeness (QED) is 0.246. The molecule has 2 aliphatic rings. The summed E-state index contributed by atoms with van der Waals surface area (Å²) in [4.78, 5) is 54.0. The van der Waals surface area contributed by atoms with Crippen molar-refractivity contribution in [2.75, 3.05) is 13.1 Å². The fraction of sp³-hybridized carbons (Fsp3) is 0.733. The molecule has 0 aromatic carbocycles. The predicted molar refractivity (Wildman–Crippen MR) is 152 cm³/mol. The standard InChI is InChI=1S/C30H46N4O7/c1-21(40-25(37)31-17-29(7)11-23(33-19-35)9-27(3,4)15-29)13-39-14-22(2)41-26(38)32-18-30(8)12-24(34-20-36)10-28(5,6)16-30/h13-14,21-24H,1-2,9-12,15-18H2,3-8H3,(H,31,37)(H,32,38). The molecule has 228 valence electrons. The van der Waals surface area contributed by atoms with Crippen molar-refractivity contribution in [1.29, 1.82) is 0 Å². The maximum absolute atomic E-state index is 12.3. The van der Waals surface area contributed by atoms with Gasteiger partial charge in [-0.25, -0.2) is 29.2 Å². The summed E-state index contributed by atoms with van der Waals surface area (Å²) >= 11 is 0. The second kappa shape index (κ2) is 14.4. The van der Waals surface area contributed by atoms with Gasteiger partial charge in [-0.2, -0.15) is 0 Å².